The molecule has 0 saturated heterocycles. The van der Waals surface area contributed by atoms with Gasteiger partial charge in [0, 0.05) is 18.3 Å². The third-order valence-corrected chi connectivity index (χ3v) is 4.90. The predicted octanol–water partition coefficient (Wildman–Crippen LogP) is 2.06. The number of pyridine rings is 1. The molecule has 0 atom stereocenters. The van der Waals surface area contributed by atoms with E-state index in [1.54, 1.807) is 30.3 Å². The van der Waals surface area contributed by atoms with Crippen LogP contribution in [0.1, 0.15) is 11.1 Å². The van der Waals surface area contributed by atoms with E-state index in [9.17, 15) is 18.8 Å². The molecule has 4 rings (SSSR count). The number of fused-ring (bicyclic) bond motifs is 1. The molecular formula is C23H19FN4O3. The summed E-state index contributed by atoms with van der Waals surface area (Å²) >= 11 is 0. The van der Waals surface area contributed by atoms with E-state index in [0.29, 0.717) is 16.7 Å². The molecule has 0 saturated carbocycles. The summed E-state index contributed by atoms with van der Waals surface area (Å²) in [6, 6.07) is 18.6. The van der Waals surface area contributed by atoms with Crippen molar-refractivity contribution in [2.75, 3.05) is 0 Å². The van der Waals surface area contributed by atoms with Crippen LogP contribution in [0.4, 0.5) is 4.39 Å². The van der Waals surface area contributed by atoms with E-state index in [1.807, 2.05) is 30.3 Å². The number of nitrogens with one attached hydrogen (secondary N) is 1. The summed E-state index contributed by atoms with van der Waals surface area (Å²) in [5, 5.41) is 2.59. The maximum atomic E-state index is 13.8. The Labute approximate surface area is 176 Å². The zero-order chi connectivity index (χ0) is 21.8. The molecule has 1 amide bonds. The summed E-state index contributed by atoms with van der Waals surface area (Å²) < 4.78 is 16.2. The number of benzene rings is 2. The quantitative estimate of drug-likeness (QED) is 0.486. The first-order valence-corrected chi connectivity index (χ1v) is 9.67. The van der Waals surface area contributed by atoms with Crippen molar-refractivity contribution in [3.63, 3.8) is 0 Å². The average molecular weight is 418 g/mol. The Morgan fingerprint density at radius 3 is 2.39 bits per heavy atom. The van der Waals surface area contributed by atoms with Gasteiger partial charge in [0.1, 0.15) is 12.4 Å². The summed E-state index contributed by atoms with van der Waals surface area (Å²) in [6.07, 6.45) is 1.52. The van der Waals surface area contributed by atoms with E-state index in [4.69, 9.17) is 0 Å². The molecule has 156 valence electrons. The second kappa shape index (κ2) is 8.74. The molecule has 2 heterocycles. The lowest BCUT2D eigenvalue weighted by Gasteiger charge is -2.14. The lowest BCUT2D eigenvalue weighted by atomic mass is 10.2. The van der Waals surface area contributed by atoms with Crippen molar-refractivity contribution >= 4 is 17.1 Å². The Hall–Kier alpha value is -4.07. The average Bonchev–Trinajstić information content (AvgIpc) is 2.80. The van der Waals surface area contributed by atoms with Gasteiger partial charge in [-0.05, 0) is 23.8 Å². The molecular weight excluding hydrogens is 399 g/mol. The van der Waals surface area contributed by atoms with Crippen LogP contribution in [-0.4, -0.2) is 20.0 Å². The molecule has 7 nitrogen and oxygen atoms in total. The van der Waals surface area contributed by atoms with Crippen molar-refractivity contribution in [1.82, 2.24) is 19.4 Å². The van der Waals surface area contributed by atoms with Crippen LogP contribution >= 0.6 is 0 Å². The molecule has 2 aromatic heterocycles. The van der Waals surface area contributed by atoms with Gasteiger partial charge < -0.3 is 5.32 Å². The van der Waals surface area contributed by atoms with Gasteiger partial charge in [0.15, 0.2) is 5.65 Å². The van der Waals surface area contributed by atoms with Crippen LogP contribution in [0.3, 0.4) is 0 Å². The molecule has 0 fully saturated rings. The first-order chi connectivity index (χ1) is 15.0. The fourth-order valence-corrected chi connectivity index (χ4v) is 3.35. The van der Waals surface area contributed by atoms with Crippen molar-refractivity contribution in [1.29, 1.82) is 0 Å². The van der Waals surface area contributed by atoms with Crippen LogP contribution in [0.2, 0.25) is 0 Å². The van der Waals surface area contributed by atoms with E-state index in [2.05, 4.69) is 10.3 Å². The van der Waals surface area contributed by atoms with Gasteiger partial charge in [-0.25, -0.2) is 9.37 Å². The molecule has 0 bridgehead atoms. The van der Waals surface area contributed by atoms with Crippen LogP contribution in [0.5, 0.6) is 0 Å². The van der Waals surface area contributed by atoms with E-state index >= 15 is 0 Å². The largest absolute Gasteiger partial charge is 0.350 e. The summed E-state index contributed by atoms with van der Waals surface area (Å²) in [7, 11) is 0. The van der Waals surface area contributed by atoms with Gasteiger partial charge in [-0.3, -0.25) is 23.5 Å². The van der Waals surface area contributed by atoms with Crippen molar-refractivity contribution in [3.05, 3.63) is 111 Å². The second-order valence-corrected chi connectivity index (χ2v) is 6.98. The van der Waals surface area contributed by atoms with Crippen molar-refractivity contribution in [3.8, 4) is 0 Å². The number of carbonyl (C=O) groups excluding carboxylic acids is 1. The van der Waals surface area contributed by atoms with Gasteiger partial charge in [0.25, 0.3) is 0 Å². The number of halogens is 1. The fourth-order valence-electron chi connectivity index (χ4n) is 3.35. The highest BCUT2D eigenvalue weighted by Crippen LogP contribution is 2.10. The standard InChI is InChI=1S/C23H19FN4O3/c24-18-10-5-4-9-17(18)13-26-20(29)15-27-19-11-6-12-25-21(19)28(23(31)22(27)30)14-16-7-2-1-3-8-16/h1-12H,13-15H2,(H,26,29). The third-order valence-electron chi connectivity index (χ3n) is 4.90. The Bertz CT molecular complexity index is 1360. The number of amides is 1. The molecule has 1 N–H and O–H groups in total. The maximum Gasteiger partial charge on any atom is 0.318 e. The van der Waals surface area contributed by atoms with Gasteiger partial charge in [0.05, 0.1) is 12.1 Å². The number of rotatable bonds is 6. The number of hydrogen-bond acceptors (Lipinski definition) is 4. The maximum absolute atomic E-state index is 13.8. The molecule has 0 aliphatic rings. The van der Waals surface area contributed by atoms with Gasteiger partial charge in [-0.15, -0.1) is 0 Å². The lowest BCUT2D eigenvalue weighted by Crippen LogP contribution is -2.44. The fraction of sp³-hybridized carbons (Fsp3) is 0.130. The van der Waals surface area contributed by atoms with Crippen LogP contribution in [-0.2, 0) is 24.4 Å². The summed E-state index contributed by atoms with van der Waals surface area (Å²) in [6.45, 7) is -0.221. The normalized spacial score (nSPS) is 10.9. The summed E-state index contributed by atoms with van der Waals surface area (Å²) in [5.74, 6) is -0.950. The van der Waals surface area contributed by atoms with Gasteiger partial charge in [-0.2, -0.15) is 0 Å². The summed E-state index contributed by atoms with van der Waals surface area (Å²) in [5.41, 5.74) is 0.251. The molecule has 0 aliphatic carbocycles. The highest BCUT2D eigenvalue weighted by Gasteiger charge is 2.16. The van der Waals surface area contributed by atoms with E-state index in [-0.39, 0.29) is 19.6 Å². The van der Waals surface area contributed by atoms with Gasteiger partial charge in [-0.1, -0.05) is 48.5 Å². The first-order valence-electron chi connectivity index (χ1n) is 9.67. The predicted molar refractivity (Wildman–Crippen MR) is 114 cm³/mol. The monoisotopic (exact) mass is 418 g/mol. The third kappa shape index (κ3) is 4.28. The molecule has 0 aliphatic heterocycles. The van der Waals surface area contributed by atoms with E-state index < -0.39 is 22.8 Å². The molecule has 8 heteroatoms. The van der Waals surface area contributed by atoms with Gasteiger partial charge in [0.2, 0.25) is 5.91 Å². The molecule has 4 aromatic rings. The molecule has 0 spiro atoms. The SMILES string of the molecule is O=C(Cn1c(=O)c(=O)n(Cc2ccccc2)c2ncccc21)NCc1ccccc1F. The number of hydrogen-bond donors (Lipinski definition) is 1. The minimum Gasteiger partial charge on any atom is -0.350 e. The van der Waals surface area contributed by atoms with Crippen molar-refractivity contribution in [2.45, 2.75) is 19.6 Å². The number of nitrogens with zero attached hydrogens (tertiary/aromatic N) is 3. The zero-order valence-electron chi connectivity index (χ0n) is 16.5. The Morgan fingerprint density at radius 2 is 1.61 bits per heavy atom. The summed E-state index contributed by atoms with van der Waals surface area (Å²) in [4.78, 5) is 42.4. The van der Waals surface area contributed by atoms with Gasteiger partial charge >= 0.3 is 11.1 Å². The lowest BCUT2D eigenvalue weighted by molar-refractivity contribution is -0.121. The number of aromatic nitrogens is 3. The minimum atomic E-state index is -0.822. The Balaban J connectivity index is 1.66. The molecule has 0 radical (unpaired) electrons. The van der Waals surface area contributed by atoms with Crippen LogP contribution in [0.15, 0.2) is 82.5 Å². The molecule has 2 aromatic carbocycles. The first kappa shape index (κ1) is 20.2. The van der Waals surface area contributed by atoms with Crippen LogP contribution < -0.4 is 16.4 Å². The molecule has 0 unspecified atom stereocenters. The number of carbonyl (C=O) groups is 1. The van der Waals surface area contributed by atoms with E-state index in [0.717, 1.165) is 10.1 Å². The van der Waals surface area contributed by atoms with Crippen molar-refractivity contribution < 1.29 is 9.18 Å². The minimum absolute atomic E-state index is 0.0263. The van der Waals surface area contributed by atoms with Crippen molar-refractivity contribution in [2.24, 2.45) is 0 Å². The highest BCUT2D eigenvalue weighted by atomic mass is 19.1. The smallest absolute Gasteiger partial charge is 0.318 e. The Kier molecular flexibility index (Phi) is 5.70. The zero-order valence-corrected chi connectivity index (χ0v) is 16.5. The van der Waals surface area contributed by atoms with Crippen LogP contribution in [0, 0.1) is 5.82 Å². The Morgan fingerprint density at radius 1 is 0.903 bits per heavy atom. The van der Waals surface area contributed by atoms with Crippen LogP contribution in [0.25, 0.3) is 11.2 Å². The second-order valence-electron chi connectivity index (χ2n) is 6.98. The molecule has 31 heavy (non-hydrogen) atoms. The highest BCUT2D eigenvalue weighted by molar-refractivity contribution is 5.78. The van der Waals surface area contributed by atoms with E-state index in [1.165, 1.54) is 16.8 Å². The topological polar surface area (TPSA) is 86.0 Å².